The van der Waals surface area contributed by atoms with Crippen molar-refractivity contribution in [3.8, 4) is 5.75 Å². The van der Waals surface area contributed by atoms with Gasteiger partial charge in [-0.15, -0.1) is 11.3 Å². The standard InChI is InChI=1S/C15H16ClNOS/c16-15-4-2-13(19-15)10-17-7-5-11-1-3-14-12(9-11)6-8-18-14/h1-4,9,17H,5-8,10H2. The lowest BCUT2D eigenvalue weighted by atomic mass is 10.1. The fourth-order valence-electron chi connectivity index (χ4n) is 2.29. The molecule has 0 amide bonds. The molecule has 0 atom stereocenters. The van der Waals surface area contributed by atoms with Gasteiger partial charge in [-0.25, -0.2) is 0 Å². The Morgan fingerprint density at radius 1 is 1.26 bits per heavy atom. The normalized spacial score (nSPS) is 13.3. The minimum atomic E-state index is 0.830. The third-order valence-corrected chi connectivity index (χ3v) is 4.50. The molecule has 2 nitrogen and oxygen atoms in total. The van der Waals surface area contributed by atoms with Crippen LogP contribution in [0.2, 0.25) is 4.34 Å². The maximum Gasteiger partial charge on any atom is 0.122 e. The minimum absolute atomic E-state index is 0.830. The number of fused-ring (bicyclic) bond motifs is 1. The molecule has 0 unspecified atom stereocenters. The summed E-state index contributed by atoms with van der Waals surface area (Å²) >= 11 is 7.54. The third-order valence-electron chi connectivity index (χ3n) is 3.27. The predicted octanol–water partition coefficient (Wildman–Crippen LogP) is 3.67. The first-order chi connectivity index (χ1) is 9.31. The van der Waals surface area contributed by atoms with E-state index in [0.717, 1.165) is 42.6 Å². The molecule has 0 saturated heterocycles. The highest BCUT2D eigenvalue weighted by molar-refractivity contribution is 7.16. The average molecular weight is 294 g/mol. The molecule has 0 aliphatic carbocycles. The Bertz CT molecular complexity index is 567. The maximum atomic E-state index is 5.90. The Morgan fingerprint density at radius 3 is 3.05 bits per heavy atom. The van der Waals surface area contributed by atoms with Crippen LogP contribution in [0.1, 0.15) is 16.0 Å². The van der Waals surface area contributed by atoms with Gasteiger partial charge in [0.2, 0.25) is 0 Å². The molecule has 100 valence electrons. The number of rotatable bonds is 5. The lowest BCUT2D eigenvalue weighted by molar-refractivity contribution is 0.357. The molecule has 1 aromatic carbocycles. The van der Waals surface area contributed by atoms with E-state index in [4.69, 9.17) is 16.3 Å². The van der Waals surface area contributed by atoms with Crippen LogP contribution < -0.4 is 10.1 Å². The van der Waals surface area contributed by atoms with E-state index in [-0.39, 0.29) is 0 Å². The number of halogens is 1. The fraction of sp³-hybridized carbons (Fsp3) is 0.333. The fourth-order valence-corrected chi connectivity index (χ4v) is 3.34. The van der Waals surface area contributed by atoms with Gasteiger partial charge in [-0.05, 0) is 42.3 Å². The first-order valence-electron chi connectivity index (χ1n) is 6.51. The van der Waals surface area contributed by atoms with Crippen LogP contribution in [0.15, 0.2) is 30.3 Å². The number of benzene rings is 1. The van der Waals surface area contributed by atoms with Crippen LogP contribution in [-0.4, -0.2) is 13.2 Å². The van der Waals surface area contributed by atoms with Gasteiger partial charge in [-0.3, -0.25) is 0 Å². The molecule has 4 heteroatoms. The molecule has 0 spiro atoms. The number of ether oxygens (including phenoxy) is 1. The molecule has 0 saturated carbocycles. The van der Waals surface area contributed by atoms with Gasteiger partial charge < -0.3 is 10.1 Å². The molecule has 1 aliphatic heterocycles. The Morgan fingerprint density at radius 2 is 2.21 bits per heavy atom. The molecule has 2 heterocycles. The quantitative estimate of drug-likeness (QED) is 0.849. The topological polar surface area (TPSA) is 21.3 Å². The van der Waals surface area contributed by atoms with Gasteiger partial charge in [0.05, 0.1) is 10.9 Å². The number of hydrogen-bond donors (Lipinski definition) is 1. The summed E-state index contributed by atoms with van der Waals surface area (Å²) in [6.45, 7) is 2.71. The van der Waals surface area contributed by atoms with Crippen LogP contribution in [-0.2, 0) is 19.4 Å². The van der Waals surface area contributed by atoms with Crippen LogP contribution in [0, 0.1) is 0 Å². The van der Waals surface area contributed by atoms with E-state index >= 15 is 0 Å². The van der Waals surface area contributed by atoms with Crippen LogP contribution in [0.4, 0.5) is 0 Å². The molecule has 19 heavy (non-hydrogen) atoms. The Balaban J connectivity index is 1.47. The van der Waals surface area contributed by atoms with E-state index < -0.39 is 0 Å². The van der Waals surface area contributed by atoms with E-state index in [0.29, 0.717) is 0 Å². The Labute approximate surface area is 122 Å². The molecule has 1 N–H and O–H groups in total. The second-order valence-corrected chi connectivity index (χ2v) is 6.47. The van der Waals surface area contributed by atoms with Crippen molar-refractivity contribution in [1.29, 1.82) is 0 Å². The average Bonchev–Trinajstić information content (AvgIpc) is 3.03. The molecule has 0 fully saturated rings. The van der Waals surface area contributed by atoms with Crippen molar-refractivity contribution < 1.29 is 4.74 Å². The van der Waals surface area contributed by atoms with Gasteiger partial charge in [0, 0.05) is 17.8 Å². The maximum absolute atomic E-state index is 5.90. The van der Waals surface area contributed by atoms with E-state index in [1.807, 2.05) is 6.07 Å². The highest BCUT2D eigenvalue weighted by Crippen LogP contribution is 2.26. The Kier molecular flexibility index (Phi) is 4.06. The van der Waals surface area contributed by atoms with Gasteiger partial charge in [-0.1, -0.05) is 23.7 Å². The molecule has 2 aromatic rings. The van der Waals surface area contributed by atoms with Gasteiger partial charge in [0.1, 0.15) is 5.75 Å². The second-order valence-electron chi connectivity index (χ2n) is 4.67. The van der Waals surface area contributed by atoms with Crippen molar-refractivity contribution in [2.75, 3.05) is 13.2 Å². The third kappa shape index (κ3) is 3.30. The SMILES string of the molecule is Clc1ccc(CNCCc2ccc3c(c2)CCO3)s1. The lowest BCUT2D eigenvalue weighted by Crippen LogP contribution is -2.15. The van der Waals surface area contributed by atoms with E-state index in [1.165, 1.54) is 16.0 Å². The molecule has 3 rings (SSSR count). The van der Waals surface area contributed by atoms with Gasteiger partial charge in [-0.2, -0.15) is 0 Å². The number of nitrogens with one attached hydrogen (secondary N) is 1. The van der Waals surface area contributed by atoms with Crippen molar-refractivity contribution in [2.24, 2.45) is 0 Å². The smallest absolute Gasteiger partial charge is 0.122 e. The summed E-state index contributed by atoms with van der Waals surface area (Å²) in [7, 11) is 0. The molecule has 0 bridgehead atoms. The molecule has 0 radical (unpaired) electrons. The zero-order chi connectivity index (χ0) is 13.1. The summed E-state index contributed by atoms with van der Waals surface area (Å²) in [5.41, 5.74) is 2.73. The summed E-state index contributed by atoms with van der Waals surface area (Å²) in [6.07, 6.45) is 2.09. The van der Waals surface area contributed by atoms with Gasteiger partial charge in [0.15, 0.2) is 0 Å². The predicted molar refractivity (Wildman–Crippen MR) is 80.4 cm³/mol. The first kappa shape index (κ1) is 13.0. The van der Waals surface area contributed by atoms with Crippen molar-refractivity contribution in [2.45, 2.75) is 19.4 Å². The molecular weight excluding hydrogens is 278 g/mol. The first-order valence-corrected chi connectivity index (χ1v) is 7.70. The van der Waals surface area contributed by atoms with Crippen molar-refractivity contribution in [1.82, 2.24) is 5.32 Å². The van der Waals surface area contributed by atoms with Crippen molar-refractivity contribution in [3.05, 3.63) is 50.7 Å². The summed E-state index contributed by atoms with van der Waals surface area (Å²) < 4.78 is 6.37. The van der Waals surface area contributed by atoms with Crippen LogP contribution in [0.25, 0.3) is 0 Å². The molecular formula is C15H16ClNOS. The minimum Gasteiger partial charge on any atom is -0.493 e. The highest BCUT2D eigenvalue weighted by Gasteiger charge is 2.11. The van der Waals surface area contributed by atoms with Crippen molar-refractivity contribution in [3.63, 3.8) is 0 Å². The number of thiophene rings is 1. The highest BCUT2D eigenvalue weighted by atomic mass is 35.5. The summed E-state index contributed by atoms with van der Waals surface area (Å²) in [6, 6.07) is 10.5. The number of hydrogen-bond acceptors (Lipinski definition) is 3. The van der Waals surface area contributed by atoms with Crippen LogP contribution >= 0.6 is 22.9 Å². The summed E-state index contributed by atoms with van der Waals surface area (Å²) in [5, 5.41) is 3.45. The lowest BCUT2D eigenvalue weighted by Gasteiger charge is -2.05. The van der Waals surface area contributed by atoms with Crippen LogP contribution in [0.3, 0.4) is 0 Å². The zero-order valence-electron chi connectivity index (χ0n) is 10.6. The summed E-state index contributed by atoms with van der Waals surface area (Å²) in [5.74, 6) is 1.06. The summed E-state index contributed by atoms with van der Waals surface area (Å²) in [4.78, 5) is 1.28. The van der Waals surface area contributed by atoms with Crippen LogP contribution in [0.5, 0.6) is 5.75 Å². The van der Waals surface area contributed by atoms with Gasteiger partial charge in [0.25, 0.3) is 0 Å². The van der Waals surface area contributed by atoms with Gasteiger partial charge >= 0.3 is 0 Å². The molecule has 1 aromatic heterocycles. The largest absolute Gasteiger partial charge is 0.493 e. The Hall–Kier alpha value is -1.03. The molecule has 1 aliphatic rings. The van der Waals surface area contributed by atoms with E-state index in [9.17, 15) is 0 Å². The monoisotopic (exact) mass is 293 g/mol. The van der Waals surface area contributed by atoms with E-state index in [1.54, 1.807) is 11.3 Å². The van der Waals surface area contributed by atoms with E-state index in [2.05, 4.69) is 29.6 Å². The second kappa shape index (κ2) is 5.95. The zero-order valence-corrected chi connectivity index (χ0v) is 12.2. The van der Waals surface area contributed by atoms with Crippen molar-refractivity contribution >= 4 is 22.9 Å².